The zero-order valence-electron chi connectivity index (χ0n) is 15.0. The molecule has 4 aromatic carbocycles. The minimum Gasteiger partial charge on any atom is -1.00 e. The zero-order chi connectivity index (χ0) is 15.8. The summed E-state index contributed by atoms with van der Waals surface area (Å²) in [6, 6.07) is 26.6. The molecule has 0 aliphatic heterocycles. The van der Waals surface area contributed by atoms with Gasteiger partial charge in [0.05, 0.1) is 0 Å². The fraction of sp³-hybridized carbons (Fsp3) is 0.174. The monoisotopic (exact) mass is 547 g/mol. The van der Waals surface area contributed by atoms with Crippen LogP contribution < -0.4 is 24.8 Å². The van der Waals surface area contributed by atoms with Gasteiger partial charge >= 0.3 is 0 Å². The molecule has 0 aliphatic carbocycles. The minimum atomic E-state index is 0. The van der Waals surface area contributed by atoms with E-state index in [9.17, 15) is 0 Å². The van der Waals surface area contributed by atoms with Gasteiger partial charge in [0.25, 0.3) is 0 Å². The van der Waals surface area contributed by atoms with Crippen LogP contribution in [-0.2, 0) is 32.3 Å². The molecule has 0 amide bonds. The van der Waals surface area contributed by atoms with Crippen LogP contribution in [-0.4, -0.2) is 0 Å². The average molecular weight is 547 g/mol. The molecule has 0 nitrogen and oxygen atoms in total. The zero-order valence-corrected chi connectivity index (χ0v) is 20.1. The van der Waals surface area contributed by atoms with Crippen molar-refractivity contribution in [1.29, 1.82) is 0 Å². The molecule has 0 aromatic heterocycles. The first-order chi connectivity index (χ1) is 11.2. The number of rotatable bonds is 3. The van der Waals surface area contributed by atoms with Gasteiger partial charge in [-0.15, -0.1) is 34.5 Å². The van der Waals surface area contributed by atoms with Gasteiger partial charge in [-0.2, -0.15) is 6.07 Å². The predicted molar refractivity (Wildman–Crippen MR) is 101 cm³/mol. The van der Waals surface area contributed by atoms with Crippen LogP contribution in [0, 0.1) is 5.92 Å². The van der Waals surface area contributed by atoms with Crippen molar-refractivity contribution in [3.8, 4) is 11.1 Å². The third kappa shape index (κ3) is 4.44. The van der Waals surface area contributed by atoms with Crippen LogP contribution in [0.2, 0.25) is 0 Å². The second kappa shape index (κ2) is 9.78. The van der Waals surface area contributed by atoms with Crippen LogP contribution in [0.3, 0.4) is 0 Å². The van der Waals surface area contributed by atoms with Crippen LogP contribution in [0.5, 0.6) is 0 Å². The molecule has 0 saturated carbocycles. The van der Waals surface area contributed by atoms with Crippen molar-refractivity contribution in [3.63, 3.8) is 0 Å². The smallest absolute Gasteiger partial charge is 0 e. The summed E-state index contributed by atoms with van der Waals surface area (Å²) in [5.41, 5.74) is 4.12. The van der Waals surface area contributed by atoms with Crippen LogP contribution in [0.1, 0.15) is 19.4 Å². The van der Waals surface area contributed by atoms with E-state index in [2.05, 4.69) is 86.6 Å². The van der Waals surface area contributed by atoms with E-state index in [0.29, 0.717) is 5.92 Å². The van der Waals surface area contributed by atoms with Gasteiger partial charge in [0.15, 0.2) is 0 Å². The molecule has 4 aromatic rings. The van der Waals surface area contributed by atoms with Crippen LogP contribution >= 0.6 is 0 Å². The number of hydrogen-bond donors (Lipinski definition) is 0. The molecule has 0 spiro atoms. The second-order valence-electron chi connectivity index (χ2n) is 6.80. The van der Waals surface area contributed by atoms with Crippen molar-refractivity contribution in [2.75, 3.05) is 0 Å². The molecule has 0 aliphatic rings. The molecule has 4 rings (SSSR count). The third-order valence-corrected chi connectivity index (χ3v) is 4.53. The molecule has 0 fully saturated rings. The van der Waals surface area contributed by atoms with E-state index in [-0.39, 0.29) is 50.7 Å². The quantitative estimate of drug-likeness (QED) is 0.261. The maximum atomic E-state index is 2.38. The summed E-state index contributed by atoms with van der Waals surface area (Å²) in [4.78, 5) is 0. The first kappa shape index (κ1) is 23.0. The van der Waals surface area contributed by atoms with E-state index < -0.39 is 0 Å². The Balaban J connectivity index is 0.00000113. The molecule has 0 saturated heterocycles. The molecular formula is C23H21Cl2Hf-3. The number of hydrogen-bond acceptors (Lipinski definition) is 0. The van der Waals surface area contributed by atoms with Crippen molar-refractivity contribution < 1.29 is 50.7 Å². The first-order valence-electron chi connectivity index (χ1n) is 8.39. The summed E-state index contributed by atoms with van der Waals surface area (Å²) in [6.45, 7) is 4.56. The minimum absolute atomic E-state index is 0. The van der Waals surface area contributed by atoms with Gasteiger partial charge in [0.2, 0.25) is 0 Å². The SMILES string of the molecule is CC(C)Cc1cc2c(-c3cccc4ccccc34)cccc2[cH-]1.[Cl-].[Cl-].[Hf]. The molecule has 0 N–H and O–H groups in total. The Morgan fingerprint density at radius 3 is 2.12 bits per heavy atom. The van der Waals surface area contributed by atoms with Crippen LogP contribution in [0.4, 0.5) is 0 Å². The fourth-order valence-corrected chi connectivity index (χ4v) is 3.58. The summed E-state index contributed by atoms with van der Waals surface area (Å²) in [5, 5.41) is 5.36. The van der Waals surface area contributed by atoms with Crippen molar-refractivity contribution in [2.45, 2.75) is 20.3 Å². The van der Waals surface area contributed by atoms with Crippen LogP contribution in [0.25, 0.3) is 32.7 Å². The van der Waals surface area contributed by atoms with Crippen molar-refractivity contribution in [2.24, 2.45) is 5.92 Å². The van der Waals surface area contributed by atoms with E-state index in [1.54, 1.807) is 0 Å². The van der Waals surface area contributed by atoms with Crippen molar-refractivity contribution in [1.82, 2.24) is 0 Å². The Kier molecular flexibility index (Phi) is 8.66. The predicted octanol–water partition coefficient (Wildman–Crippen LogP) is 0.583. The third-order valence-electron chi connectivity index (χ3n) is 4.53. The van der Waals surface area contributed by atoms with Crippen LogP contribution in [0.15, 0.2) is 72.8 Å². The summed E-state index contributed by atoms with van der Waals surface area (Å²) < 4.78 is 0. The number of benzene rings is 3. The van der Waals surface area contributed by atoms with Crippen molar-refractivity contribution in [3.05, 3.63) is 78.4 Å². The largest absolute Gasteiger partial charge is 1.00 e. The maximum Gasteiger partial charge on any atom is 0 e. The molecule has 26 heavy (non-hydrogen) atoms. The summed E-state index contributed by atoms with van der Waals surface area (Å²) in [6.07, 6.45) is 1.14. The Bertz CT molecular complexity index is 981. The Morgan fingerprint density at radius 2 is 1.38 bits per heavy atom. The van der Waals surface area contributed by atoms with Crippen molar-refractivity contribution >= 4 is 21.5 Å². The Labute approximate surface area is 187 Å². The summed E-state index contributed by atoms with van der Waals surface area (Å²) in [7, 11) is 0. The summed E-state index contributed by atoms with van der Waals surface area (Å²) >= 11 is 0. The Morgan fingerprint density at radius 1 is 0.769 bits per heavy atom. The van der Waals surface area contributed by atoms with E-state index in [1.807, 2.05) is 0 Å². The molecule has 0 atom stereocenters. The molecule has 134 valence electrons. The van der Waals surface area contributed by atoms with Gasteiger partial charge in [-0.3, -0.25) is 0 Å². The molecule has 0 heterocycles. The molecule has 0 radical (unpaired) electrons. The number of halogens is 2. The second-order valence-corrected chi connectivity index (χ2v) is 6.80. The maximum absolute atomic E-state index is 2.38. The molecule has 0 bridgehead atoms. The van der Waals surface area contributed by atoms with Gasteiger partial charge in [-0.25, -0.2) is 0 Å². The average Bonchev–Trinajstić information content (AvgIpc) is 2.95. The standard InChI is InChI=1S/C23H21.2ClH.Hf/c1-16(2)13-17-14-19-9-6-12-22(23(19)15-17)21-11-5-8-18-7-3-4-10-20(18)21;;;/h3-12,14-16H,13H2,1-2H3;2*1H;/q-1;;;/p-2. The van der Waals surface area contributed by atoms with E-state index in [1.165, 1.54) is 38.2 Å². The summed E-state index contributed by atoms with van der Waals surface area (Å²) in [5.74, 6) is 0.688. The molecular weight excluding hydrogens is 526 g/mol. The normalized spacial score (nSPS) is 10.3. The van der Waals surface area contributed by atoms with Gasteiger partial charge < -0.3 is 24.8 Å². The Hall–Kier alpha value is -1.02. The molecule has 3 heteroatoms. The van der Waals surface area contributed by atoms with E-state index >= 15 is 0 Å². The van der Waals surface area contributed by atoms with E-state index in [0.717, 1.165) is 6.42 Å². The van der Waals surface area contributed by atoms with E-state index in [4.69, 9.17) is 0 Å². The van der Waals surface area contributed by atoms with Gasteiger partial charge in [-0.1, -0.05) is 67.9 Å². The van der Waals surface area contributed by atoms with Gasteiger partial charge in [0.1, 0.15) is 0 Å². The molecule has 0 unspecified atom stereocenters. The van der Waals surface area contributed by atoms with Gasteiger partial charge in [0, 0.05) is 25.8 Å². The van der Waals surface area contributed by atoms with Gasteiger partial charge in [-0.05, 0) is 28.7 Å². The fourth-order valence-electron chi connectivity index (χ4n) is 3.58. The first-order valence-corrected chi connectivity index (χ1v) is 8.39. The topological polar surface area (TPSA) is 0 Å². The number of fused-ring (bicyclic) bond motifs is 2.